The number of carbonyl (C=O) groups is 2. The highest BCUT2D eigenvalue weighted by Gasteiger charge is 2.26. The van der Waals surface area contributed by atoms with E-state index in [1.807, 2.05) is 43.0 Å². The molecule has 1 fully saturated rings. The molecule has 2 heterocycles. The molecular formula is C22H28N2O4S. The van der Waals surface area contributed by atoms with Gasteiger partial charge < -0.3 is 15.2 Å². The number of nitrogens with zero attached hydrogens (tertiary/aromatic N) is 1. The molecule has 1 saturated heterocycles. The fraction of sp³-hybridized carbons (Fsp3) is 0.455. The van der Waals surface area contributed by atoms with E-state index in [2.05, 4.69) is 5.32 Å². The number of carbonyl (C=O) groups excluding carboxylic acids is 2. The Morgan fingerprint density at radius 1 is 1.28 bits per heavy atom. The lowest BCUT2D eigenvalue weighted by molar-refractivity contribution is -0.117. The predicted molar refractivity (Wildman–Crippen MR) is 115 cm³/mol. The van der Waals surface area contributed by atoms with Crippen molar-refractivity contribution in [3.05, 3.63) is 40.3 Å². The molecule has 1 atom stereocenters. The third-order valence-electron chi connectivity index (χ3n) is 5.00. The Kier molecular flexibility index (Phi) is 7.05. The standard InChI is InChI=1S/C22H28N2O4S/c1-4-28-22(27)20-19(16-9-7-14(2)8-10-16)15(3)29-21(20)23-18(26)13-24-11-5-6-17(25)12-24/h7-10,17,25H,4-6,11-13H2,1-3H3,(H,23,26). The minimum Gasteiger partial charge on any atom is -0.462 e. The van der Waals surface area contributed by atoms with Crippen molar-refractivity contribution in [1.29, 1.82) is 0 Å². The van der Waals surface area contributed by atoms with Crippen LogP contribution in [0.25, 0.3) is 11.1 Å². The normalized spacial score (nSPS) is 17.2. The number of hydrogen-bond acceptors (Lipinski definition) is 6. The Balaban J connectivity index is 1.87. The molecule has 0 spiro atoms. The Morgan fingerprint density at radius 3 is 2.66 bits per heavy atom. The second-order valence-electron chi connectivity index (χ2n) is 7.40. The second kappa shape index (κ2) is 9.52. The number of hydrogen-bond donors (Lipinski definition) is 2. The fourth-order valence-corrected chi connectivity index (χ4v) is 4.72. The van der Waals surface area contributed by atoms with Gasteiger partial charge in [-0.3, -0.25) is 9.69 Å². The first-order valence-corrected chi connectivity index (χ1v) is 10.8. The number of likely N-dealkylation sites (tertiary alicyclic amines) is 1. The summed E-state index contributed by atoms with van der Waals surface area (Å²) < 4.78 is 5.29. The van der Waals surface area contributed by atoms with E-state index < -0.39 is 5.97 Å². The summed E-state index contributed by atoms with van der Waals surface area (Å²) in [6, 6.07) is 7.96. The van der Waals surface area contributed by atoms with Gasteiger partial charge >= 0.3 is 5.97 Å². The van der Waals surface area contributed by atoms with E-state index in [0.29, 0.717) is 17.1 Å². The van der Waals surface area contributed by atoms with Crippen LogP contribution < -0.4 is 5.32 Å². The maximum Gasteiger partial charge on any atom is 0.341 e. The van der Waals surface area contributed by atoms with Gasteiger partial charge in [0.05, 0.1) is 19.3 Å². The van der Waals surface area contributed by atoms with E-state index in [4.69, 9.17) is 4.74 Å². The lowest BCUT2D eigenvalue weighted by atomic mass is 10.0. The Bertz CT molecular complexity index is 876. The van der Waals surface area contributed by atoms with E-state index in [0.717, 1.165) is 41.0 Å². The molecule has 1 unspecified atom stereocenters. The van der Waals surface area contributed by atoms with Crippen LogP contribution in [0, 0.1) is 13.8 Å². The third-order valence-corrected chi connectivity index (χ3v) is 6.03. The molecular weight excluding hydrogens is 388 g/mol. The number of piperidine rings is 1. The van der Waals surface area contributed by atoms with E-state index in [9.17, 15) is 14.7 Å². The van der Waals surface area contributed by atoms with E-state index in [1.54, 1.807) is 6.92 Å². The van der Waals surface area contributed by atoms with Crippen LogP contribution in [0.4, 0.5) is 5.00 Å². The number of amides is 1. The van der Waals surface area contributed by atoms with Crippen LogP contribution in [0.15, 0.2) is 24.3 Å². The molecule has 1 aliphatic rings. The second-order valence-corrected chi connectivity index (χ2v) is 8.63. The summed E-state index contributed by atoms with van der Waals surface area (Å²) in [6.45, 7) is 7.46. The van der Waals surface area contributed by atoms with Crippen molar-refractivity contribution < 1.29 is 19.4 Å². The SMILES string of the molecule is CCOC(=O)c1c(NC(=O)CN2CCCC(O)C2)sc(C)c1-c1ccc(C)cc1. The van der Waals surface area contributed by atoms with E-state index >= 15 is 0 Å². The molecule has 1 aliphatic heterocycles. The molecule has 156 valence electrons. The molecule has 2 N–H and O–H groups in total. The topological polar surface area (TPSA) is 78.9 Å². The van der Waals surface area contributed by atoms with Crippen molar-refractivity contribution in [2.24, 2.45) is 0 Å². The summed E-state index contributed by atoms with van der Waals surface area (Å²) in [5.74, 6) is -0.627. The maximum absolute atomic E-state index is 12.7. The van der Waals surface area contributed by atoms with Gasteiger partial charge in [0, 0.05) is 17.0 Å². The number of β-amino-alcohol motifs (C(OH)–C–C–N with tert-alkyl or cyclic N) is 1. The van der Waals surface area contributed by atoms with Gasteiger partial charge in [0.15, 0.2) is 0 Å². The van der Waals surface area contributed by atoms with Crippen molar-refractivity contribution in [3.63, 3.8) is 0 Å². The van der Waals surface area contributed by atoms with Gasteiger partial charge in [-0.1, -0.05) is 29.8 Å². The number of nitrogens with one attached hydrogen (secondary N) is 1. The highest BCUT2D eigenvalue weighted by atomic mass is 32.1. The van der Waals surface area contributed by atoms with Crippen molar-refractivity contribution >= 4 is 28.2 Å². The first-order chi connectivity index (χ1) is 13.9. The van der Waals surface area contributed by atoms with Gasteiger partial charge in [-0.15, -0.1) is 11.3 Å². The molecule has 3 rings (SSSR count). The molecule has 0 aliphatic carbocycles. The minimum atomic E-state index is -0.434. The summed E-state index contributed by atoms with van der Waals surface area (Å²) in [7, 11) is 0. The molecule has 0 saturated carbocycles. The van der Waals surface area contributed by atoms with Gasteiger partial charge in [-0.2, -0.15) is 0 Å². The van der Waals surface area contributed by atoms with Crippen LogP contribution in [0.5, 0.6) is 0 Å². The minimum absolute atomic E-state index is 0.191. The third kappa shape index (κ3) is 5.23. The smallest absolute Gasteiger partial charge is 0.341 e. The number of esters is 1. The number of ether oxygens (including phenoxy) is 1. The Morgan fingerprint density at radius 2 is 2.00 bits per heavy atom. The highest BCUT2D eigenvalue weighted by Crippen LogP contribution is 2.40. The quantitative estimate of drug-likeness (QED) is 0.704. The van der Waals surface area contributed by atoms with Crippen molar-refractivity contribution in [1.82, 2.24) is 4.90 Å². The monoisotopic (exact) mass is 416 g/mol. The molecule has 1 aromatic heterocycles. The zero-order valence-corrected chi connectivity index (χ0v) is 18.0. The van der Waals surface area contributed by atoms with Crippen LogP contribution in [0.2, 0.25) is 0 Å². The molecule has 1 amide bonds. The van der Waals surface area contributed by atoms with Crippen molar-refractivity contribution in [2.75, 3.05) is 31.6 Å². The van der Waals surface area contributed by atoms with Gasteiger partial charge in [0.25, 0.3) is 0 Å². The summed E-state index contributed by atoms with van der Waals surface area (Å²) in [5.41, 5.74) is 3.27. The van der Waals surface area contributed by atoms with Gasteiger partial charge in [0.1, 0.15) is 10.6 Å². The Labute approximate surface area is 175 Å². The number of aryl methyl sites for hydroxylation is 2. The largest absolute Gasteiger partial charge is 0.462 e. The Hall–Kier alpha value is -2.22. The summed E-state index contributed by atoms with van der Waals surface area (Å²) in [6.07, 6.45) is 1.26. The molecule has 29 heavy (non-hydrogen) atoms. The molecule has 0 radical (unpaired) electrons. The number of anilines is 1. The molecule has 7 heteroatoms. The number of aliphatic hydroxyl groups excluding tert-OH is 1. The zero-order valence-electron chi connectivity index (χ0n) is 17.2. The maximum atomic E-state index is 12.7. The van der Waals surface area contributed by atoms with Crippen LogP contribution in [0.1, 0.15) is 40.6 Å². The van der Waals surface area contributed by atoms with Crippen molar-refractivity contribution in [2.45, 2.75) is 39.7 Å². The van der Waals surface area contributed by atoms with Gasteiger partial charge in [0.2, 0.25) is 5.91 Å². The molecule has 0 bridgehead atoms. The summed E-state index contributed by atoms with van der Waals surface area (Å²) in [4.78, 5) is 28.3. The average Bonchev–Trinajstić information content (AvgIpc) is 2.98. The molecule has 6 nitrogen and oxygen atoms in total. The van der Waals surface area contributed by atoms with Crippen LogP contribution in [0.3, 0.4) is 0 Å². The van der Waals surface area contributed by atoms with Crippen LogP contribution in [-0.4, -0.2) is 54.2 Å². The van der Waals surface area contributed by atoms with Crippen LogP contribution >= 0.6 is 11.3 Å². The first-order valence-electron chi connectivity index (χ1n) is 9.96. The summed E-state index contributed by atoms with van der Waals surface area (Å²) in [5, 5.41) is 13.2. The van der Waals surface area contributed by atoms with E-state index in [1.165, 1.54) is 11.3 Å². The van der Waals surface area contributed by atoms with Gasteiger partial charge in [-0.05, 0) is 45.7 Å². The summed E-state index contributed by atoms with van der Waals surface area (Å²) >= 11 is 1.38. The lowest BCUT2D eigenvalue weighted by Gasteiger charge is -2.29. The van der Waals surface area contributed by atoms with Crippen molar-refractivity contribution in [3.8, 4) is 11.1 Å². The van der Waals surface area contributed by atoms with Gasteiger partial charge in [-0.25, -0.2) is 4.79 Å². The number of thiophene rings is 1. The number of rotatable bonds is 6. The first kappa shape index (κ1) is 21.5. The van der Waals surface area contributed by atoms with Crippen LogP contribution in [-0.2, 0) is 9.53 Å². The van der Waals surface area contributed by atoms with E-state index in [-0.39, 0.29) is 25.2 Å². The fourth-order valence-electron chi connectivity index (χ4n) is 3.64. The predicted octanol–water partition coefficient (Wildman–Crippen LogP) is 3.60. The zero-order chi connectivity index (χ0) is 21.0. The molecule has 2 aromatic rings. The average molecular weight is 417 g/mol. The highest BCUT2D eigenvalue weighted by molar-refractivity contribution is 7.17. The lowest BCUT2D eigenvalue weighted by Crippen LogP contribution is -2.42. The molecule has 1 aromatic carbocycles. The number of aliphatic hydroxyl groups is 1. The number of benzene rings is 1.